The van der Waals surface area contributed by atoms with Crippen molar-refractivity contribution in [3.05, 3.63) is 41.0 Å². The van der Waals surface area contributed by atoms with E-state index >= 15 is 0 Å². The zero-order valence-electron chi connectivity index (χ0n) is 13.1. The predicted molar refractivity (Wildman–Crippen MR) is 85.8 cm³/mol. The van der Waals surface area contributed by atoms with Crippen molar-refractivity contribution in [2.45, 2.75) is 26.7 Å². The smallest absolute Gasteiger partial charge is 0.307 e. The van der Waals surface area contributed by atoms with E-state index in [4.69, 9.17) is 5.73 Å². The molecule has 2 rings (SSSR count). The highest BCUT2D eigenvalue weighted by molar-refractivity contribution is 5.97. The van der Waals surface area contributed by atoms with E-state index in [0.29, 0.717) is 24.1 Å². The van der Waals surface area contributed by atoms with Crippen LogP contribution < -0.4 is 11.1 Å². The summed E-state index contributed by atoms with van der Waals surface area (Å²) in [6.07, 6.45) is 0.827. The lowest BCUT2D eigenvalue weighted by Crippen LogP contribution is -2.36. The van der Waals surface area contributed by atoms with Crippen LogP contribution in [-0.2, 0) is 9.59 Å². The van der Waals surface area contributed by atoms with Crippen LogP contribution in [0.2, 0.25) is 0 Å². The average molecular weight is 316 g/mol. The summed E-state index contributed by atoms with van der Waals surface area (Å²) in [6, 6.07) is 6.18. The molecule has 1 aliphatic carbocycles. The first-order chi connectivity index (χ1) is 10.8. The van der Waals surface area contributed by atoms with E-state index < -0.39 is 23.7 Å². The Morgan fingerprint density at radius 2 is 1.57 bits per heavy atom. The van der Waals surface area contributed by atoms with Gasteiger partial charge in [-0.2, -0.15) is 0 Å². The minimum Gasteiger partial charge on any atom is -0.481 e. The van der Waals surface area contributed by atoms with Gasteiger partial charge < -0.3 is 16.2 Å². The van der Waals surface area contributed by atoms with Gasteiger partial charge in [-0.3, -0.25) is 14.4 Å². The van der Waals surface area contributed by atoms with Crippen LogP contribution in [0.1, 0.15) is 37.0 Å². The summed E-state index contributed by atoms with van der Waals surface area (Å²) in [5.41, 5.74) is 8.11. The summed E-state index contributed by atoms with van der Waals surface area (Å²) in [5.74, 6) is -3.15. The lowest BCUT2D eigenvalue weighted by Gasteiger charge is -2.29. The van der Waals surface area contributed by atoms with Gasteiger partial charge in [0, 0.05) is 11.3 Å². The number of carbonyl (C=O) groups excluding carboxylic acids is 2. The molecule has 2 atom stereocenters. The van der Waals surface area contributed by atoms with Crippen LogP contribution in [0.25, 0.3) is 0 Å². The fourth-order valence-corrected chi connectivity index (χ4v) is 2.78. The number of aliphatic carboxylic acids is 1. The molecule has 0 saturated carbocycles. The third kappa shape index (κ3) is 3.77. The van der Waals surface area contributed by atoms with Crippen molar-refractivity contribution < 1.29 is 19.5 Å². The Labute approximate surface area is 134 Å². The maximum absolute atomic E-state index is 12.5. The van der Waals surface area contributed by atoms with Crippen LogP contribution in [0, 0.1) is 11.8 Å². The maximum atomic E-state index is 12.5. The number of carbonyl (C=O) groups is 3. The number of rotatable bonds is 4. The number of hydrogen-bond donors (Lipinski definition) is 3. The predicted octanol–water partition coefficient (Wildman–Crippen LogP) is 2.17. The SMILES string of the molecule is CC1=C(C)C[C@@H](C(=O)Nc2ccc(C(N)=O)cc2)[C@H](C(=O)O)C1. The summed E-state index contributed by atoms with van der Waals surface area (Å²) in [4.78, 5) is 34.9. The average Bonchev–Trinajstić information content (AvgIpc) is 2.49. The van der Waals surface area contributed by atoms with Gasteiger partial charge in [0.25, 0.3) is 0 Å². The second kappa shape index (κ2) is 6.64. The van der Waals surface area contributed by atoms with Gasteiger partial charge in [0.1, 0.15) is 0 Å². The van der Waals surface area contributed by atoms with Crippen molar-refractivity contribution in [1.29, 1.82) is 0 Å². The van der Waals surface area contributed by atoms with Gasteiger partial charge in [0.05, 0.1) is 11.8 Å². The molecular formula is C17H20N2O4. The molecule has 23 heavy (non-hydrogen) atoms. The molecule has 0 heterocycles. The molecule has 0 fully saturated rings. The van der Waals surface area contributed by atoms with E-state index in [1.165, 1.54) is 12.1 Å². The number of primary amides is 1. The van der Waals surface area contributed by atoms with Crippen LogP contribution in [-0.4, -0.2) is 22.9 Å². The highest BCUT2D eigenvalue weighted by Crippen LogP contribution is 2.35. The summed E-state index contributed by atoms with van der Waals surface area (Å²) < 4.78 is 0. The van der Waals surface area contributed by atoms with Gasteiger partial charge in [0.2, 0.25) is 11.8 Å². The first-order valence-electron chi connectivity index (χ1n) is 7.38. The Morgan fingerprint density at radius 3 is 2.04 bits per heavy atom. The zero-order chi connectivity index (χ0) is 17.1. The summed E-state index contributed by atoms with van der Waals surface area (Å²) in [5, 5.41) is 12.1. The molecular weight excluding hydrogens is 296 g/mol. The minimum absolute atomic E-state index is 0.323. The summed E-state index contributed by atoms with van der Waals surface area (Å²) >= 11 is 0. The van der Waals surface area contributed by atoms with E-state index in [0.717, 1.165) is 11.1 Å². The molecule has 1 aromatic carbocycles. The largest absolute Gasteiger partial charge is 0.481 e. The van der Waals surface area contributed by atoms with Gasteiger partial charge in [-0.1, -0.05) is 11.1 Å². The number of allylic oxidation sites excluding steroid dienone is 2. The van der Waals surface area contributed by atoms with Gasteiger partial charge in [0.15, 0.2) is 0 Å². The van der Waals surface area contributed by atoms with Crippen LogP contribution in [0.15, 0.2) is 35.4 Å². The standard InChI is InChI=1S/C17H20N2O4/c1-9-7-13(14(17(22)23)8-10(9)2)16(21)19-12-5-3-11(4-6-12)15(18)20/h3-6,13-14H,7-8H2,1-2H3,(H2,18,20)(H,19,21)(H,22,23)/t13-,14-/m1/s1. The third-order valence-corrected chi connectivity index (χ3v) is 4.36. The first-order valence-corrected chi connectivity index (χ1v) is 7.38. The molecule has 6 heteroatoms. The number of amides is 2. The molecule has 0 aliphatic heterocycles. The first kappa shape index (κ1) is 16.7. The molecule has 6 nitrogen and oxygen atoms in total. The van der Waals surface area contributed by atoms with Crippen LogP contribution in [0.4, 0.5) is 5.69 Å². The van der Waals surface area contributed by atoms with Crippen LogP contribution >= 0.6 is 0 Å². The Hall–Kier alpha value is -2.63. The van der Waals surface area contributed by atoms with Crippen molar-refractivity contribution in [3.63, 3.8) is 0 Å². The number of carboxylic acid groups (broad SMARTS) is 1. The molecule has 0 aromatic heterocycles. The number of hydrogen-bond acceptors (Lipinski definition) is 3. The van der Waals surface area contributed by atoms with E-state index in [1.54, 1.807) is 12.1 Å². The Balaban J connectivity index is 2.15. The summed E-state index contributed by atoms with van der Waals surface area (Å²) in [7, 11) is 0. The highest BCUT2D eigenvalue weighted by atomic mass is 16.4. The normalized spacial score (nSPS) is 21.0. The zero-order valence-corrected chi connectivity index (χ0v) is 13.1. The monoisotopic (exact) mass is 316 g/mol. The van der Waals surface area contributed by atoms with Gasteiger partial charge in [-0.25, -0.2) is 0 Å². The van der Waals surface area contributed by atoms with E-state index in [1.807, 2.05) is 13.8 Å². The van der Waals surface area contributed by atoms with Crippen molar-refractivity contribution >= 4 is 23.5 Å². The number of nitrogens with one attached hydrogen (secondary N) is 1. The van der Waals surface area contributed by atoms with Crippen LogP contribution in [0.5, 0.6) is 0 Å². The Kier molecular flexibility index (Phi) is 4.83. The number of nitrogens with two attached hydrogens (primary N) is 1. The van der Waals surface area contributed by atoms with Gasteiger partial charge in [-0.05, 0) is 51.0 Å². The fourth-order valence-electron chi connectivity index (χ4n) is 2.78. The second-order valence-electron chi connectivity index (χ2n) is 5.95. The molecule has 0 unspecified atom stereocenters. The molecule has 0 saturated heterocycles. The molecule has 1 aliphatic rings. The molecule has 4 N–H and O–H groups in total. The molecule has 2 amide bonds. The topological polar surface area (TPSA) is 109 Å². The van der Waals surface area contributed by atoms with E-state index in [9.17, 15) is 19.5 Å². The summed E-state index contributed by atoms with van der Waals surface area (Å²) in [6.45, 7) is 3.83. The number of carboxylic acids is 1. The fraction of sp³-hybridized carbons (Fsp3) is 0.353. The minimum atomic E-state index is -0.957. The molecule has 1 aromatic rings. The van der Waals surface area contributed by atoms with Crippen molar-refractivity contribution in [2.75, 3.05) is 5.32 Å². The lowest BCUT2D eigenvalue weighted by atomic mass is 9.76. The number of benzene rings is 1. The molecule has 0 radical (unpaired) electrons. The highest BCUT2D eigenvalue weighted by Gasteiger charge is 2.37. The molecule has 122 valence electrons. The quantitative estimate of drug-likeness (QED) is 0.739. The molecule has 0 bridgehead atoms. The van der Waals surface area contributed by atoms with E-state index in [-0.39, 0.29) is 5.91 Å². The lowest BCUT2D eigenvalue weighted by molar-refractivity contribution is -0.146. The Morgan fingerprint density at radius 1 is 1.04 bits per heavy atom. The third-order valence-electron chi connectivity index (χ3n) is 4.36. The van der Waals surface area contributed by atoms with Crippen molar-refractivity contribution in [3.8, 4) is 0 Å². The molecule has 0 spiro atoms. The van der Waals surface area contributed by atoms with Crippen molar-refractivity contribution in [1.82, 2.24) is 0 Å². The van der Waals surface area contributed by atoms with Crippen LogP contribution in [0.3, 0.4) is 0 Å². The Bertz CT molecular complexity index is 676. The van der Waals surface area contributed by atoms with Gasteiger partial charge in [-0.15, -0.1) is 0 Å². The maximum Gasteiger partial charge on any atom is 0.307 e. The van der Waals surface area contributed by atoms with Gasteiger partial charge >= 0.3 is 5.97 Å². The number of anilines is 1. The second-order valence-corrected chi connectivity index (χ2v) is 5.95. The van der Waals surface area contributed by atoms with Crippen molar-refractivity contribution in [2.24, 2.45) is 17.6 Å². The van der Waals surface area contributed by atoms with E-state index in [2.05, 4.69) is 5.32 Å².